The summed E-state index contributed by atoms with van der Waals surface area (Å²) in [5.74, 6) is 1.94. The van der Waals surface area contributed by atoms with Crippen LogP contribution in [0.3, 0.4) is 0 Å². The maximum absolute atomic E-state index is 5.11. The summed E-state index contributed by atoms with van der Waals surface area (Å²) in [4.78, 5) is 20.0. The second-order valence-electron chi connectivity index (χ2n) is 17.3. The van der Waals surface area contributed by atoms with Gasteiger partial charge in [-0.3, -0.25) is 0 Å². The fraction of sp³-hybridized carbons (Fsp3) is 0.105. The van der Waals surface area contributed by atoms with Gasteiger partial charge in [0, 0.05) is 38.9 Å². The first kappa shape index (κ1) is 37.4. The second kappa shape index (κ2) is 14.5. The van der Waals surface area contributed by atoms with E-state index >= 15 is 0 Å². The molecule has 0 unspecified atom stereocenters. The van der Waals surface area contributed by atoms with Gasteiger partial charge in [0.2, 0.25) is 0 Å². The van der Waals surface area contributed by atoms with E-state index in [0.29, 0.717) is 17.5 Å². The van der Waals surface area contributed by atoms with Crippen LogP contribution in [0.1, 0.15) is 49.9 Å². The molecule has 8 aromatic carbocycles. The van der Waals surface area contributed by atoms with Crippen molar-refractivity contribution in [1.82, 2.24) is 15.0 Å². The minimum Gasteiger partial charge on any atom is -0.310 e. The van der Waals surface area contributed by atoms with Crippen molar-refractivity contribution in [2.24, 2.45) is 0 Å². The van der Waals surface area contributed by atoms with E-state index in [1.165, 1.54) is 50.4 Å². The quantitative estimate of drug-likeness (QED) is 0.168. The molecule has 0 spiro atoms. The molecule has 0 fully saturated rings. The molecule has 0 atom stereocenters. The minimum atomic E-state index is -0.381. The molecule has 2 aliphatic heterocycles. The Kier molecular flexibility index (Phi) is 8.76. The molecule has 298 valence electrons. The third kappa shape index (κ3) is 6.11. The Bertz CT molecular complexity index is 3030. The van der Waals surface area contributed by atoms with Gasteiger partial charge in [-0.1, -0.05) is 161 Å². The molecule has 3 heterocycles. The maximum Gasteiger partial charge on any atom is 0.164 e. The van der Waals surface area contributed by atoms with Crippen LogP contribution < -0.4 is 9.80 Å². The molecular weight excluding hydrogens is 755 g/mol. The van der Waals surface area contributed by atoms with Crippen molar-refractivity contribution in [3.05, 3.63) is 222 Å². The Hall–Kier alpha value is -7.63. The highest BCUT2D eigenvalue weighted by atomic mass is 15.2. The number of para-hydroxylation sites is 3. The van der Waals surface area contributed by atoms with Crippen LogP contribution in [0.4, 0.5) is 34.1 Å². The zero-order valence-electron chi connectivity index (χ0n) is 35.3. The summed E-state index contributed by atoms with van der Waals surface area (Å²) in [6.45, 7) is 9.36. The van der Waals surface area contributed by atoms with Crippen LogP contribution in [0.25, 0.3) is 45.3 Å². The lowest BCUT2D eigenvalue weighted by molar-refractivity contribution is 0.632. The normalized spacial score (nSPS) is 14.3. The molecule has 9 aromatic rings. The molecule has 1 aromatic heterocycles. The SMILES string of the molecule is CC1(C)c2ccccc2N(c2cccc(-c3ccc4c(c3)C(C)(C)c3cc(-c5nc(-c6ccccc6)nc(-c6ccccc6)n5)ccc3N4c3ccccc3)c2)c2ccccc21. The fourth-order valence-corrected chi connectivity index (χ4v) is 9.62. The predicted molar refractivity (Wildman–Crippen MR) is 255 cm³/mol. The van der Waals surface area contributed by atoms with Crippen LogP contribution in [-0.4, -0.2) is 15.0 Å². The van der Waals surface area contributed by atoms with Crippen molar-refractivity contribution in [1.29, 1.82) is 0 Å². The smallest absolute Gasteiger partial charge is 0.164 e. The average molecular weight is 800 g/mol. The number of fused-ring (bicyclic) bond motifs is 4. The number of nitrogens with zero attached hydrogens (tertiary/aromatic N) is 5. The van der Waals surface area contributed by atoms with Gasteiger partial charge in [-0.15, -0.1) is 0 Å². The van der Waals surface area contributed by atoms with Crippen LogP contribution in [0.5, 0.6) is 0 Å². The highest BCUT2D eigenvalue weighted by molar-refractivity contribution is 5.90. The molecule has 2 aliphatic rings. The average Bonchev–Trinajstić information content (AvgIpc) is 3.32. The highest BCUT2D eigenvalue weighted by Crippen LogP contribution is 2.55. The largest absolute Gasteiger partial charge is 0.310 e. The summed E-state index contributed by atoms with van der Waals surface area (Å²) < 4.78 is 0. The highest BCUT2D eigenvalue weighted by Gasteiger charge is 2.39. The van der Waals surface area contributed by atoms with Gasteiger partial charge in [0.05, 0.1) is 22.7 Å². The topological polar surface area (TPSA) is 45.2 Å². The zero-order chi connectivity index (χ0) is 42.0. The van der Waals surface area contributed by atoms with Crippen LogP contribution in [-0.2, 0) is 10.8 Å². The molecular formula is C57H45N5. The summed E-state index contributed by atoms with van der Waals surface area (Å²) in [5.41, 5.74) is 16.7. The van der Waals surface area contributed by atoms with E-state index in [2.05, 4.69) is 201 Å². The summed E-state index contributed by atoms with van der Waals surface area (Å²) >= 11 is 0. The minimum absolute atomic E-state index is 0.121. The molecule has 0 amide bonds. The van der Waals surface area contributed by atoms with E-state index < -0.39 is 0 Å². The third-order valence-electron chi connectivity index (χ3n) is 12.9. The predicted octanol–water partition coefficient (Wildman–Crippen LogP) is 14.8. The molecule has 0 bridgehead atoms. The zero-order valence-corrected chi connectivity index (χ0v) is 35.3. The van der Waals surface area contributed by atoms with Crippen LogP contribution in [0.15, 0.2) is 200 Å². The molecule has 11 rings (SSSR count). The number of rotatable bonds is 6. The van der Waals surface area contributed by atoms with Crippen LogP contribution >= 0.6 is 0 Å². The van der Waals surface area contributed by atoms with E-state index in [9.17, 15) is 0 Å². The van der Waals surface area contributed by atoms with Gasteiger partial charge >= 0.3 is 0 Å². The lowest BCUT2D eigenvalue weighted by Crippen LogP contribution is -2.30. The summed E-state index contributed by atoms with van der Waals surface area (Å²) in [7, 11) is 0. The molecule has 0 N–H and O–H groups in total. The van der Waals surface area contributed by atoms with E-state index in [-0.39, 0.29) is 10.8 Å². The van der Waals surface area contributed by atoms with Crippen LogP contribution in [0, 0.1) is 0 Å². The summed E-state index contributed by atoms with van der Waals surface area (Å²) in [6, 6.07) is 71.4. The van der Waals surface area contributed by atoms with Gasteiger partial charge < -0.3 is 9.80 Å². The molecule has 0 aliphatic carbocycles. The molecule has 5 nitrogen and oxygen atoms in total. The Labute approximate surface area is 363 Å². The monoisotopic (exact) mass is 799 g/mol. The van der Waals surface area contributed by atoms with E-state index in [1.54, 1.807) is 0 Å². The Morgan fingerprint density at radius 3 is 1.23 bits per heavy atom. The molecule has 62 heavy (non-hydrogen) atoms. The Morgan fingerprint density at radius 2 is 0.661 bits per heavy atom. The van der Waals surface area contributed by atoms with Crippen molar-refractivity contribution >= 4 is 34.1 Å². The first-order chi connectivity index (χ1) is 30.3. The van der Waals surface area contributed by atoms with E-state index in [1.807, 2.05) is 36.4 Å². The molecule has 0 saturated heterocycles. The fourth-order valence-electron chi connectivity index (χ4n) is 9.62. The van der Waals surface area contributed by atoms with Crippen LogP contribution in [0.2, 0.25) is 0 Å². The van der Waals surface area contributed by atoms with Crippen molar-refractivity contribution in [3.63, 3.8) is 0 Å². The van der Waals surface area contributed by atoms with Crippen molar-refractivity contribution in [2.75, 3.05) is 9.80 Å². The van der Waals surface area contributed by atoms with E-state index in [4.69, 9.17) is 15.0 Å². The van der Waals surface area contributed by atoms with Gasteiger partial charge in [0.25, 0.3) is 0 Å². The van der Waals surface area contributed by atoms with Gasteiger partial charge in [0.15, 0.2) is 17.5 Å². The Balaban J connectivity index is 1.05. The Morgan fingerprint density at radius 1 is 0.290 bits per heavy atom. The first-order valence-corrected chi connectivity index (χ1v) is 21.4. The van der Waals surface area contributed by atoms with E-state index in [0.717, 1.165) is 33.8 Å². The number of anilines is 6. The van der Waals surface area contributed by atoms with Crippen molar-refractivity contribution < 1.29 is 0 Å². The first-order valence-electron chi connectivity index (χ1n) is 21.4. The summed E-state index contributed by atoms with van der Waals surface area (Å²) in [5, 5.41) is 0. The maximum atomic E-state index is 5.11. The lowest BCUT2D eigenvalue weighted by Gasteiger charge is -2.42. The van der Waals surface area contributed by atoms with Gasteiger partial charge in [0.1, 0.15) is 0 Å². The second-order valence-corrected chi connectivity index (χ2v) is 17.3. The molecule has 0 saturated carbocycles. The molecule has 5 heteroatoms. The third-order valence-corrected chi connectivity index (χ3v) is 12.9. The molecule has 0 radical (unpaired) electrons. The lowest BCUT2D eigenvalue weighted by atomic mass is 9.72. The number of aromatic nitrogens is 3. The van der Waals surface area contributed by atoms with Gasteiger partial charge in [-0.2, -0.15) is 0 Å². The standard InChI is InChI=1S/C57H45N5/c1-56(2)45-27-14-16-29-49(45)62(50-30-17-15-28-46(50)56)44-26-18-23-40(35-44)41-31-33-51-47(36-41)57(3,4)48-37-42(32-34-52(48)61(51)43-24-12-7-13-25-43)55-59-53(38-19-8-5-9-20-38)58-54(60-55)39-21-10-6-11-22-39/h5-37H,1-4H3. The van der Waals surface area contributed by atoms with Gasteiger partial charge in [-0.25, -0.2) is 15.0 Å². The van der Waals surface area contributed by atoms with Crippen molar-refractivity contribution in [2.45, 2.75) is 38.5 Å². The summed E-state index contributed by atoms with van der Waals surface area (Å²) in [6.07, 6.45) is 0. The van der Waals surface area contributed by atoms with Gasteiger partial charge in [-0.05, 0) is 100 Å². The number of benzene rings is 8. The van der Waals surface area contributed by atoms with Crippen molar-refractivity contribution in [3.8, 4) is 45.3 Å². The number of hydrogen-bond acceptors (Lipinski definition) is 5. The number of hydrogen-bond donors (Lipinski definition) is 0.